The molecule has 0 atom stereocenters. The molecule has 0 unspecified atom stereocenters. The molecule has 2 rings (SSSR count). The first-order chi connectivity index (χ1) is 12.3. The van der Waals surface area contributed by atoms with Crippen molar-refractivity contribution >= 4 is 27.5 Å². The molecule has 0 aromatic heterocycles. The number of carbonyl (C=O) groups is 1. The minimum atomic E-state index is 0.0258. The van der Waals surface area contributed by atoms with Crippen molar-refractivity contribution in [3.63, 3.8) is 0 Å². The van der Waals surface area contributed by atoms with Gasteiger partial charge in [-0.25, -0.2) is 0 Å². The Balaban J connectivity index is 1.82. The van der Waals surface area contributed by atoms with Crippen molar-refractivity contribution in [3.05, 3.63) is 57.1 Å². The van der Waals surface area contributed by atoms with Crippen LogP contribution in [-0.2, 0) is 4.79 Å². The third-order valence-electron chi connectivity index (χ3n) is 4.37. The number of carbonyl (C=O) groups excluding carboxylic acids is 1. The average Bonchev–Trinajstić information content (AvgIpc) is 2.55. The van der Waals surface area contributed by atoms with Crippen LogP contribution in [0.2, 0.25) is 0 Å². The average molecular weight is 418 g/mol. The first-order valence-electron chi connectivity index (χ1n) is 9.08. The zero-order valence-corrected chi connectivity index (χ0v) is 17.9. The lowest BCUT2D eigenvalue weighted by Gasteiger charge is -2.13. The lowest BCUT2D eigenvalue weighted by atomic mass is 10.0. The Morgan fingerprint density at radius 1 is 1.12 bits per heavy atom. The molecule has 0 saturated heterocycles. The largest absolute Gasteiger partial charge is 0.492 e. The number of aryl methyl sites for hydroxylation is 3. The highest BCUT2D eigenvalue weighted by atomic mass is 79.9. The van der Waals surface area contributed by atoms with E-state index in [0.29, 0.717) is 25.4 Å². The number of halogens is 1. The normalized spacial score (nSPS) is 10.9. The van der Waals surface area contributed by atoms with E-state index in [9.17, 15) is 4.79 Å². The van der Waals surface area contributed by atoms with Gasteiger partial charge >= 0.3 is 0 Å². The summed E-state index contributed by atoms with van der Waals surface area (Å²) in [5.74, 6) is 1.33. The van der Waals surface area contributed by atoms with E-state index in [1.165, 1.54) is 11.1 Å². The van der Waals surface area contributed by atoms with Crippen LogP contribution in [0.3, 0.4) is 0 Å². The van der Waals surface area contributed by atoms with Crippen molar-refractivity contribution in [2.45, 2.75) is 53.4 Å². The molecule has 2 aromatic rings. The molecule has 2 aromatic carbocycles. The monoisotopic (exact) mass is 417 g/mol. The molecule has 0 bridgehead atoms. The Morgan fingerprint density at radius 2 is 1.77 bits per heavy atom. The smallest absolute Gasteiger partial charge is 0.224 e. The molecule has 0 aliphatic rings. The number of hydrogen-bond donors (Lipinski definition) is 1. The third-order valence-corrected chi connectivity index (χ3v) is 4.99. The molecule has 1 N–H and O–H groups in total. The van der Waals surface area contributed by atoms with Crippen LogP contribution < -0.4 is 10.1 Å². The second kappa shape index (κ2) is 9.22. The maximum absolute atomic E-state index is 12.2. The van der Waals surface area contributed by atoms with Crippen LogP contribution >= 0.6 is 15.9 Å². The van der Waals surface area contributed by atoms with E-state index >= 15 is 0 Å². The first-order valence-corrected chi connectivity index (χ1v) is 9.87. The van der Waals surface area contributed by atoms with Gasteiger partial charge in [-0.1, -0.05) is 37.6 Å². The van der Waals surface area contributed by atoms with Gasteiger partial charge in [0.25, 0.3) is 0 Å². The molecule has 1 amide bonds. The van der Waals surface area contributed by atoms with Crippen LogP contribution in [0.4, 0.5) is 5.69 Å². The molecule has 140 valence electrons. The van der Waals surface area contributed by atoms with E-state index in [1.54, 1.807) is 0 Å². The van der Waals surface area contributed by atoms with Gasteiger partial charge in [-0.15, -0.1) is 0 Å². The van der Waals surface area contributed by atoms with Gasteiger partial charge in [-0.05, 0) is 77.9 Å². The Labute approximate surface area is 165 Å². The molecule has 0 aliphatic carbocycles. The van der Waals surface area contributed by atoms with Gasteiger partial charge < -0.3 is 10.1 Å². The fourth-order valence-electron chi connectivity index (χ4n) is 2.99. The summed E-state index contributed by atoms with van der Waals surface area (Å²) in [7, 11) is 0. The van der Waals surface area contributed by atoms with Crippen LogP contribution in [0.25, 0.3) is 0 Å². The topological polar surface area (TPSA) is 38.3 Å². The zero-order chi connectivity index (χ0) is 19.3. The predicted molar refractivity (Wildman–Crippen MR) is 112 cm³/mol. The number of rotatable bonds is 7. The molecule has 26 heavy (non-hydrogen) atoms. The van der Waals surface area contributed by atoms with Gasteiger partial charge in [-0.3, -0.25) is 4.79 Å². The highest BCUT2D eigenvalue weighted by Gasteiger charge is 2.09. The summed E-state index contributed by atoms with van der Waals surface area (Å²) in [5.41, 5.74) is 5.60. The van der Waals surface area contributed by atoms with Gasteiger partial charge in [0.15, 0.2) is 0 Å². The van der Waals surface area contributed by atoms with Crippen LogP contribution in [-0.4, -0.2) is 12.5 Å². The number of ether oxygens (including phenoxy) is 1. The van der Waals surface area contributed by atoms with Crippen molar-refractivity contribution < 1.29 is 9.53 Å². The minimum absolute atomic E-state index is 0.0258. The van der Waals surface area contributed by atoms with Crippen LogP contribution in [0.1, 0.15) is 54.9 Å². The molecular formula is C22H28BrNO2. The molecule has 3 nitrogen and oxygen atoms in total. The van der Waals surface area contributed by atoms with Crippen LogP contribution in [0.15, 0.2) is 34.8 Å². The van der Waals surface area contributed by atoms with E-state index < -0.39 is 0 Å². The second-order valence-electron chi connectivity index (χ2n) is 7.12. The fourth-order valence-corrected chi connectivity index (χ4v) is 3.50. The van der Waals surface area contributed by atoms with E-state index in [1.807, 2.05) is 19.9 Å². The number of amides is 1. The Hall–Kier alpha value is -1.81. The standard InChI is InChI=1S/C22H28BrNO2/c1-14(2)18-8-9-20(19(23)13-18)26-10-6-7-21(25)24-22-16(4)11-15(3)12-17(22)5/h8-9,11-14H,6-7,10H2,1-5H3,(H,24,25). The summed E-state index contributed by atoms with van der Waals surface area (Å²) in [6.07, 6.45) is 1.11. The Bertz CT molecular complexity index is 761. The molecule has 0 radical (unpaired) electrons. The summed E-state index contributed by atoms with van der Waals surface area (Å²) < 4.78 is 6.77. The highest BCUT2D eigenvalue weighted by molar-refractivity contribution is 9.10. The summed E-state index contributed by atoms with van der Waals surface area (Å²) in [6, 6.07) is 10.3. The molecule has 0 fully saturated rings. The van der Waals surface area contributed by atoms with Gasteiger partial charge in [0.2, 0.25) is 5.91 Å². The SMILES string of the molecule is Cc1cc(C)c(NC(=O)CCCOc2ccc(C(C)C)cc2Br)c(C)c1. The van der Waals surface area contributed by atoms with Crippen molar-refractivity contribution in [2.24, 2.45) is 0 Å². The molecule has 0 aliphatic heterocycles. The lowest BCUT2D eigenvalue weighted by molar-refractivity contribution is -0.116. The molecule has 0 saturated carbocycles. The van der Waals surface area contributed by atoms with Gasteiger partial charge in [-0.2, -0.15) is 0 Å². The van der Waals surface area contributed by atoms with E-state index in [-0.39, 0.29) is 5.91 Å². The maximum Gasteiger partial charge on any atom is 0.224 e. The number of benzene rings is 2. The van der Waals surface area contributed by atoms with Crippen molar-refractivity contribution in [2.75, 3.05) is 11.9 Å². The zero-order valence-electron chi connectivity index (χ0n) is 16.3. The van der Waals surface area contributed by atoms with Gasteiger partial charge in [0.1, 0.15) is 5.75 Å². The van der Waals surface area contributed by atoms with Gasteiger partial charge in [0.05, 0.1) is 11.1 Å². The first kappa shape index (κ1) is 20.5. The summed E-state index contributed by atoms with van der Waals surface area (Å²) in [4.78, 5) is 12.2. The number of hydrogen-bond acceptors (Lipinski definition) is 2. The van der Waals surface area contributed by atoms with Crippen molar-refractivity contribution in [1.82, 2.24) is 0 Å². The van der Waals surface area contributed by atoms with Crippen molar-refractivity contribution in [3.8, 4) is 5.75 Å². The Kier molecular flexibility index (Phi) is 7.27. The van der Waals surface area contributed by atoms with Gasteiger partial charge in [0, 0.05) is 12.1 Å². The maximum atomic E-state index is 12.2. The lowest BCUT2D eigenvalue weighted by Crippen LogP contribution is -2.14. The van der Waals surface area contributed by atoms with E-state index in [2.05, 4.69) is 66.3 Å². The number of nitrogens with one attached hydrogen (secondary N) is 1. The highest BCUT2D eigenvalue weighted by Crippen LogP contribution is 2.29. The number of anilines is 1. The molecule has 0 heterocycles. The molecule has 0 spiro atoms. The van der Waals surface area contributed by atoms with E-state index in [4.69, 9.17) is 4.74 Å². The van der Waals surface area contributed by atoms with Crippen molar-refractivity contribution in [1.29, 1.82) is 0 Å². The Morgan fingerprint density at radius 3 is 2.35 bits per heavy atom. The van der Waals surface area contributed by atoms with Crippen LogP contribution in [0, 0.1) is 20.8 Å². The minimum Gasteiger partial charge on any atom is -0.492 e. The summed E-state index contributed by atoms with van der Waals surface area (Å²) >= 11 is 3.56. The predicted octanol–water partition coefficient (Wildman–Crippen LogP) is 6.30. The van der Waals surface area contributed by atoms with E-state index in [0.717, 1.165) is 27.0 Å². The quantitative estimate of drug-likeness (QED) is 0.536. The summed E-state index contributed by atoms with van der Waals surface area (Å²) in [5, 5.41) is 3.03. The summed E-state index contributed by atoms with van der Waals surface area (Å²) in [6.45, 7) is 11.0. The second-order valence-corrected chi connectivity index (χ2v) is 7.97. The molecule has 4 heteroatoms. The molecular weight excluding hydrogens is 390 g/mol. The third kappa shape index (κ3) is 5.60. The fraction of sp³-hybridized carbons (Fsp3) is 0.409. The van der Waals surface area contributed by atoms with Crippen LogP contribution in [0.5, 0.6) is 5.75 Å².